The number of imidazole rings is 1. The van der Waals surface area contributed by atoms with E-state index in [1.807, 2.05) is 6.07 Å². The molecule has 1 fully saturated rings. The number of carbonyl (C=O) groups excluding carboxylic acids is 1. The number of para-hydroxylation sites is 2. The van der Waals surface area contributed by atoms with Crippen LogP contribution in [0.1, 0.15) is 20.3 Å². The number of aromatic nitrogens is 2. The molecule has 1 N–H and O–H groups in total. The maximum atomic E-state index is 12.9. The number of fused-ring (bicyclic) bond motifs is 1. The number of carbonyl (C=O) groups is 1. The van der Waals surface area contributed by atoms with Crippen LogP contribution in [0.2, 0.25) is 0 Å². The summed E-state index contributed by atoms with van der Waals surface area (Å²) < 4.78 is 32.8. The molecule has 1 atom stereocenters. The maximum Gasteiger partial charge on any atom is 0.291 e. The Morgan fingerprint density at radius 1 is 1.36 bits per heavy atom. The van der Waals surface area contributed by atoms with Crippen molar-refractivity contribution in [3.8, 4) is 0 Å². The number of nitrogens with one attached hydrogen (secondary N) is 1. The largest absolute Gasteiger partial charge is 0.379 e. The summed E-state index contributed by atoms with van der Waals surface area (Å²) in [4.78, 5) is 19.2. The molecule has 1 aliphatic rings. The number of nitrogens with zero attached hydrogens (tertiary/aromatic N) is 3. The highest BCUT2D eigenvalue weighted by Crippen LogP contribution is 2.28. The highest BCUT2D eigenvalue weighted by atomic mass is 32.2. The van der Waals surface area contributed by atoms with Crippen LogP contribution in [0.4, 0.5) is 8.78 Å². The second-order valence-corrected chi connectivity index (χ2v) is 8.03. The number of alkyl halides is 2. The molecule has 6 nitrogen and oxygen atoms in total. The third-order valence-corrected chi connectivity index (χ3v) is 6.02. The average Bonchev–Trinajstić information content (AvgIpc) is 3.03. The van der Waals surface area contributed by atoms with E-state index in [2.05, 4.69) is 29.0 Å². The van der Waals surface area contributed by atoms with Crippen LogP contribution in [0.15, 0.2) is 29.4 Å². The van der Waals surface area contributed by atoms with Gasteiger partial charge in [0, 0.05) is 25.2 Å². The number of rotatable bonds is 8. The fourth-order valence-electron chi connectivity index (χ4n) is 3.43. The molecule has 9 heteroatoms. The van der Waals surface area contributed by atoms with E-state index in [1.54, 1.807) is 22.8 Å². The molecule has 2 aromatic rings. The Morgan fingerprint density at radius 2 is 2.07 bits per heavy atom. The van der Waals surface area contributed by atoms with Gasteiger partial charge in [0.05, 0.1) is 24.2 Å². The number of morpholine rings is 1. The number of amides is 1. The number of ether oxygens (including phenoxy) is 1. The van der Waals surface area contributed by atoms with Crippen LogP contribution in [0, 0.1) is 0 Å². The molecule has 3 rings (SSSR count). The van der Waals surface area contributed by atoms with Crippen LogP contribution < -0.4 is 5.32 Å². The molecular weight excluding hydrogens is 386 g/mol. The summed E-state index contributed by atoms with van der Waals surface area (Å²) in [5.74, 6) is -2.81. The van der Waals surface area contributed by atoms with E-state index in [0.29, 0.717) is 42.6 Å². The molecule has 28 heavy (non-hydrogen) atoms. The lowest BCUT2D eigenvalue weighted by molar-refractivity contribution is -0.122. The standard InChI is InChI=1S/C19H26F2N4O2S/c1-3-19(2,24-8-10-27-11-9-24)13-22-16(26)12-25-15-7-5-4-6-14(15)23-18(25)28-17(20)21/h4-7,17H,3,8-13H2,1-2H3,(H,22,26)/t19-/m0/s1. The molecule has 0 saturated carbocycles. The van der Waals surface area contributed by atoms with Crippen LogP contribution >= 0.6 is 11.8 Å². The van der Waals surface area contributed by atoms with Crippen molar-refractivity contribution in [2.45, 2.75) is 43.3 Å². The van der Waals surface area contributed by atoms with Gasteiger partial charge in [-0.2, -0.15) is 8.78 Å². The summed E-state index contributed by atoms with van der Waals surface area (Å²) in [5.41, 5.74) is 1.11. The van der Waals surface area contributed by atoms with Gasteiger partial charge in [-0.3, -0.25) is 9.69 Å². The summed E-state index contributed by atoms with van der Waals surface area (Å²) in [6, 6.07) is 7.15. The van der Waals surface area contributed by atoms with Gasteiger partial charge in [-0.1, -0.05) is 19.1 Å². The van der Waals surface area contributed by atoms with Gasteiger partial charge in [-0.25, -0.2) is 4.98 Å². The number of halogens is 2. The number of benzene rings is 1. The first-order chi connectivity index (χ1) is 13.4. The van der Waals surface area contributed by atoms with Crippen molar-refractivity contribution >= 4 is 28.7 Å². The number of thioether (sulfide) groups is 1. The Kier molecular flexibility index (Phi) is 6.90. The third-order valence-electron chi connectivity index (χ3n) is 5.32. The topological polar surface area (TPSA) is 59.4 Å². The van der Waals surface area contributed by atoms with Gasteiger partial charge in [0.15, 0.2) is 5.16 Å². The zero-order chi connectivity index (χ0) is 20.1. The van der Waals surface area contributed by atoms with Crippen molar-refractivity contribution < 1.29 is 18.3 Å². The quantitative estimate of drug-likeness (QED) is 0.676. The molecule has 0 spiro atoms. The van der Waals surface area contributed by atoms with Crippen molar-refractivity contribution in [3.05, 3.63) is 24.3 Å². The fraction of sp³-hybridized carbons (Fsp3) is 0.579. The first kappa shape index (κ1) is 21.0. The first-order valence-electron chi connectivity index (χ1n) is 9.42. The first-order valence-corrected chi connectivity index (χ1v) is 10.3. The van der Waals surface area contributed by atoms with Crippen LogP contribution in [0.25, 0.3) is 11.0 Å². The van der Waals surface area contributed by atoms with Crippen molar-refractivity contribution in [2.24, 2.45) is 0 Å². The molecule has 1 aliphatic heterocycles. The van der Waals surface area contributed by atoms with Gasteiger partial charge in [0.2, 0.25) is 5.91 Å². The minimum absolute atomic E-state index is 0.0432. The highest BCUT2D eigenvalue weighted by molar-refractivity contribution is 7.99. The second-order valence-electron chi connectivity index (χ2n) is 7.07. The number of hydrogen-bond donors (Lipinski definition) is 1. The van der Waals surface area contributed by atoms with E-state index in [4.69, 9.17) is 4.74 Å². The summed E-state index contributed by atoms with van der Waals surface area (Å²) >= 11 is 0.360. The smallest absolute Gasteiger partial charge is 0.291 e. The summed E-state index contributed by atoms with van der Waals surface area (Å²) in [5, 5.41) is 3.14. The van der Waals surface area contributed by atoms with Crippen LogP contribution in [-0.2, 0) is 16.1 Å². The van der Waals surface area contributed by atoms with E-state index in [9.17, 15) is 13.6 Å². The average molecular weight is 413 g/mol. The SMILES string of the molecule is CC[C@@](C)(CNC(=O)Cn1c(SC(F)F)nc2ccccc21)N1CCOCC1. The zero-order valence-electron chi connectivity index (χ0n) is 16.2. The van der Waals surface area contributed by atoms with Crippen molar-refractivity contribution in [1.82, 2.24) is 19.8 Å². The monoisotopic (exact) mass is 412 g/mol. The lowest BCUT2D eigenvalue weighted by Gasteiger charge is -2.43. The van der Waals surface area contributed by atoms with E-state index in [1.165, 1.54) is 0 Å². The normalized spacial score (nSPS) is 17.8. The minimum atomic E-state index is -2.59. The Hall–Kier alpha value is -1.71. The molecule has 2 heterocycles. The van der Waals surface area contributed by atoms with Crippen molar-refractivity contribution in [1.29, 1.82) is 0 Å². The molecule has 1 saturated heterocycles. The molecular formula is C19H26F2N4O2S. The number of hydrogen-bond acceptors (Lipinski definition) is 5. The summed E-state index contributed by atoms with van der Waals surface area (Å²) in [6.45, 7) is 7.73. The van der Waals surface area contributed by atoms with Crippen LogP contribution in [0.5, 0.6) is 0 Å². The summed E-state index contributed by atoms with van der Waals surface area (Å²) in [7, 11) is 0. The van der Waals surface area contributed by atoms with Gasteiger partial charge < -0.3 is 14.6 Å². The van der Waals surface area contributed by atoms with Crippen molar-refractivity contribution in [3.63, 3.8) is 0 Å². The molecule has 1 amide bonds. The maximum absolute atomic E-state index is 12.9. The molecule has 0 bridgehead atoms. The van der Waals surface area contributed by atoms with Gasteiger partial charge in [0.1, 0.15) is 6.54 Å². The van der Waals surface area contributed by atoms with Gasteiger partial charge in [-0.15, -0.1) is 0 Å². The van der Waals surface area contributed by atoms with Gasteiger partial charge in [0.25, 0.3) is 5.76 Å². The minimum Gasteiger partial charge on any atom is -0.379 e. The van der Waals surface area contributed by atoms with Crippen LogP contribution in [0.3, 0.4) is 0 Å². The van der Waals surface area contributed by atoms with Gasteiger partial charge in [-0.05, 0) is 37.2 Å². The Balaban J connectivity index is 1.70. The van der Waals surface area contributed by atoms with Crippen LogP contribution in [-0.4, -0.2) is 64.5 Å². The molecule has 0 aliphatic carbocycles. The highest BCUT2D eigenvalue weighted by Gasteiger charge is 2.31. The van der Waals surface area contributed by atoms with E-state index < -0.39 is 5.76 Å². The molecule has 0 unspecified atom stereocenters. The summed E-state index contributed by atoms with van der Waals surface area (Å²) in [6.07, 6.45) is 0.883. The molecule has 1 aromatic heterocycles. The molecule has 1 aromatic carbocycles. The Bertz CT molecular complexity index is 810. The van der Waals surface area contributed by atoms with Gasteiger partial charge >= 0.3 is 0 Å². The van der Waals surface area contributed by atoms with E-state index >= 15 is 0 Å². The molecule has 154 valence electrons. The second kappa shape index (κ2) is 9.19. The van der Waals surface area contributed by atoms with E-state index in [0.717, 1.165) is 19.5 Å². The lowest BCUT2D eigenvalue weighted by Crippen LogP contribution is -2.57. The third kappa shape index (κ3) is 4.82. The molecule has 0 radical (unpaired) electrons. The van der Waals surface area contributed by atoms with Crippen molar-refractivity contribution in [2.75, 3.05) is 32.8 Å². The Labute approximate surface area is 167 Å². The zero-order valence-corrected chi connectivity index (χ0v) is 17.0. The predicted molar refractivity (Wildman–Crippen MR) is 106 cm³/mol. The fourth-order valence-corrected chi connectivity index (χ4v) is 4.03. The Morgan fingerprint density at radius 3 is 2.75 bits per heavy atom. The lowest BCUT2D eigenvalue weighted by atomic mass is 9.95. The predicted octanol–water partition coefficient (Wildman–Crippen LogP) is 2.97. The van der Waals surface area contributed by atoms with E-state index in [-0.39, 0.29) is 23.1 Å².